The minimum Gasteiger partial charge on any atom is -0.395 e. The van der Waals surface area contributed by atoms with E-state index in [1.165, 1.54) is 0 Å². The van der Waals surface area contributed by atoms with Crippen molar-refractivity contribution in [2.75, 3.05) is 31.1 Å². The highest BCUT2D eigenvalue weighted by atomic mass is 32.2. The van der Waals surface area contributed by atoms with Crippen LogP contribution in [-0.4, -0.2) is 74.9 Å². The molecule has 1 spiro atoms. The largest absolute Gasteiger partial charge is 0.395 e. The zero-order chi connectivity index (χ0) is 27.6. The number of hydrogen-bond acceptors (Lipinski definition) is 5. The highest BCUT2D eigenvalue weighted by molar-refractivity contribution is 8.02. The fourth-order valence-electron chi connectivity index (χ4n) is 6.67. The highest BCUT2D eigenvalue weighted by Crippen LogP contribution is 2.66. The van der Waals surface area contributed by atoms with Gasteiger partial charge in [0.25, 0.3) is 0 Å². The van der Waals surface area contributed by atoms with Crippen molar-refractivity contribution in [2.45, 2.75) is 35.4 Å². The number of β-amino-alcohol motifs (C(OH)–C–C–N with tert-alkyl or cyclic N) is 1. The van der Waals surface area contributed by atoms with E-state index in [-0.39, 0.29) is 36.1 Å². The van der Waals surface area contributed by atoms with E-state index in [1.54, 1.807) is 38.6 Å². The van der Waals surface area contributed by atoms with Crippen LogP contribution in [0.1, 0.15) is 18.4 Å². The molecule has 8 heteroatoms. The normalized spacial score (nSPS) is 26.8. The molecule has 5 atom stereocenters. The van der Waals surface area contributed by atoms with Gasteiger partial charge in [0.1, 0.15) is 6.04 Å². The first-order chi connectivity index (χ1) is 19.0. The summed E-state index contributed by atoms with van der Waals surface area (Å²) in [6.07, 6.45) is 4.83. The van der Waals surface area contributed by atoms with Gasteiger partial charge in [-0.1, -0.05) is 60.7 Å². The summed E-state index contributed by atoms with van der Waals surface area (Å²) in [5, 5.41) is 9.86. The molecular formula is C31H35N3O4S. The van der Waals surface area contributed by atoms with Crippen LogP contribution < -0.4 is 4.90 Å². The van der Waals surface area contributed by atoms with Gasteiger partial charge in [-0.05, 0) is 30.5 Å². The van der Waals surface area contributed by atoms with E-state index < -0.39 is 22.6 Å². The maximum atomic E-state index is 14.3. The van der Waals surface area contributed by atoms with Crippen molar-refractivity contribution < 1.29 is 19.5 Å². The molecule has 0 radical (unpaired) electrons. The van der Waals surface area contributed by atoms with Crippen molar-refractivity contribution in [3.63, 3.8) is 0 Å². The second-order valence-electron chi connectivity index (χ2n) is 10.4. The average Bonchev–Trinajstić information content (AvgIpc) is 3.60. The van der Waals surface area contributed by atoms with Gasteiger partial charge < -0.3 is 19.8 Å². The topological polar surface area (TPSA) is 81.2 Å². The first kappa shape index (κ1) is 27.2. The van der Waals surface area contributed by atoms with Gasteiger partial charge in [0, 0.05) is 37.1 Å². The van der Waals surface area contributed by atoms with Crippen molar-refractivity contribution >= 4 is 35.2 Å². The maximum Gasteiger partial charge on any atom is 0.247 e. The number of aliphatic hydroxyl groups excluding tert-OH is 1. The first-order valence-corrected chi connectivity index (χ1v) is 14.3. The minimum atomic E-state index is -0.747. The van der Waals surface area contributed by atoms with Gasteiger partial charge >= 0.3 is 0 Å². The summed E-state index contributed by atoms with van der Waals surface area (Å²) < 4.78 is -0.707. The molecule has 0 saturated carbocycles. The SMILES string of the molecule is C=CCN(Cc1ccccc1)C(=O)C1N(CCO)C(=O)[C@@H]2[C@@H](C(=O)N(CC=C)c3ccccc3)[C@H]3CCC12S3. The van der Waals surface area contributed by atoms with Crippen LogP contribution in [0.3, 0.4) is 0 Å². The zero-order valence-corrected chi connectivity index (χ0v) is 22.8. The van der Waals surface area contributed by atoms with Crippen molar-refractivity contribution in [1.82, 2.24) is 9.80 Å². The van der Waals surface area contributed by atoms with Gasteiger partial charge in [-0.2, -0.15) is 0 Å². The number of aliphatic hydroxyl groups is 1. The van der Waals surface area contributed by atoms with Crippen LogP contribution >= 0.6 is 11.8 Å². The van der Waals surface area contributed by atoms with E-state index in [9.17, 15) is 19.5 Å². The summed E-state index contributed by atoms with van der Waals surface area (Å²) >= 11 is 1.64. The van der Waals surface area contributed by atoms with Gasteiger partial charge in [0.2, 0.25) is 17.7 Å². The Balaban J connectivity index is 1.50. The summed E-state index contributed by atoms with van der Waals surface area (Å²) in [6.45, 7) is 8.57. The second-order valence-corrected chi connectivity index (χ2v) is 12.0. The summed E-state index contributed by atoms with van der Waals surface area (Å²) in [6, 6.07) is 18.4. The van der Waals surface area contributed by atoms with Gasteiger partial charge in [-0.3, -0.25) is 14.4 Å². The molecule has 1 N–H and O–H groups in total. The van der Waals surface area contributed by atoms with Crippen molar-refractivity contribution in [2.24, 2.45) is 11.8 Å². The first-order valence-electron chi connectivity index (χ1n) is 13.5. The number of para-hydroxylation sites is 1. The van der Waals surface area contributed by atoms with Crippen molar-refractivity contribution in [3.8, 4) is 0 Å². The quantitative estimate of drug-likeness (QED) is 0.437. The predicted octanol–water partition coefficient (Wildman–Crippen LogP) is 3.50. The Kier molecular flexibility index (Phi) is 7.96. The summed E-state index contributed by atoms with van der Waals surface area (Å²) in [5.41, 5.74) is 1.74. The fraction of sp³-hybridized carbons (Fsp3) is 0.387. The maximum absolute atomic E-state index is 14.3. The number of anilines is 1. The number of nitrogens with zero attached hydrogens (tertiary/aromatic N) is 3. The number of carbonyl (C=O) groups excluding carboxylic acids is 3. The van der Waals surface area contributed by atoms with Gasteiger partial charge in [-0.15, -0.1) is 24.9 Å². The van der Waals surface area contributed by atoms with E-state index in [0.29, 0.717) is 26.1 Å². The third-order valence-electron chi connectivity index (χ3n) is 8.18. The van der Waals surface area contributed by atoms with E-state index in [4.69, 9.17) is 0 Å². The molecule has 2 unspecified atom stereocenters. The van der Waals surface area contributed by atoms with E-state index >= 15 is 0 Å². The number of amides is 3. The Morgan fingerprint density at radius 2 is 1.69 bits per heavy atom. The molecule has 3 fully saturated rings. The number of likely N-dealkylation sites (tertiary alicyclic amines) is 1. The Hall–Kier alpha value is -3.36. The number of rotatable bonds is 11. The zero-order valence-electron chi connectivity index (χ0n) is 22.0. The molecule has 3 aliphatic rings. The van der Waals surface area contributed by atoms with Crippen LogP contribution in [0.15, 0.2) is 86.0 Å². The van der Waals surface area contributed by atoms with Crippen LogP contribution in [0.25, 0.3) is 0 Å². The third kappa shape index (κ3) is 4.70. The van der Waals surface area contributed by atoms with Crippen LogP contribution in [0, 0.1) is 11.8 Å². The van der Waals surface area contributed by atoms with Crippen LogP contribution in [0.4, 0.5) is 5.69 Å². The monoisotopic (exact) mass is 545 g/mol. The second kappa shape index (κ2) is 11.4. The molecule has 7 nitrogen and oxygen atoms in total. The molecule has 3 saturated heterocycles. The molecule has 2 aromatic rings. The number of fused-ring (bicyclic) bond motifs is 1. The Labute approximate surface area is 234 Å². The Morgan fingerprint density at radius 1 is 1.03 bits per heavy atom. The van der Waals surface area contributed by atoms with Crippen molar-refractivity contribution in [1.29, 1.82) is 0 Å². The van der Waals surface area contributed by atoms with Crippen LogP contribution in [0.2, 0.25) is 0 Å². The lowest BCUT2D eigenvalue weighted by molar-refractivity contribution is -0.143. The number of hydrogen-bond donors (Lipinski definition) is 1. The molecule has 3 heterocycles. The number of carbonyl (C=O) groups is 3. The average molecular weight is 546 g/mol. The number of benzene rings is 2. The smallest absolute Gasteiger partial charge is 0.247 e. The molecule has 0 aromatic heterocycles. The molecule has 3 aliphatic heterocycles. The lowest BCUT2D eigenvalue weighted by Gasteiger charge is -2.37. The summed E-state index contributed by atoms with van der Waals surface area (Å²) in [4.78, 5) is 47.5. The van der Waals surface area contributed by atoms with E-state index in [0.717, 1.165) is 17.7 Å². The molecule has 0 aliphatic carbocycles. The molecular weight excluding hydrogens is 510 g/mol. The third-order valence-corrected chi connectivity index (χ3v) is 10.1. The highest BCUT2D eigenvalue weighted by Gasteiger charge is 2.74. The lowest BCUT2D eigenvalue weighted by Crippen LogP contribution is -2.55. The molecule has 204 valence electrons. The molecule has 2 aromatic carbocycles. The van der Waals surface area contributed by atoms with Gasteiger partial charge in [-0.25, -0.2) is 0 Å². The van der Waals surface area contributed by atoms with Crippen molar-refractivity contribution in [3.05, 3.63) is 91.5 Å². The van der Waals surface area contributed by atoms with Crippen LogP contribution in [0.5, 0.6) is 0 Å². The number of thioether (sulfide) groups is 1. The molecule has 3 amide bonds. The lowest BCUT2D eigenvalue weighted by atomic mass is 9.70. The molecule has 39 heavy (non-hydrogen) atoms. The summed E-state index contributed by atoms with van der Waals surface area (Å²) in [7, 11) is 0. The fourth-order valence-corrected chi connectivity index (χ4v) is 8.87. The standard InChI is InChI=1S/C31H35N3O4S/c1-3-17-32(21-22-11-7-5-8-12-22)30(38)27-31-16-15-24(39-31)25(26(31)29(37)34(27)19-20-35)28(36)33(18-4-2)23-13-9-6-10-14-23/h3-14,24-27,35H,1-2,15-21H2/t24-,25+,26+,27?,31?/m1/s1. The van der Waals surface area contributed by atoms with Gasteiger partial charge in [0.05, 0.1) is 23.2 Å². The summed E-state index contributed by atoms with van der Waals surface area (Å²) in [5.74, 6) is -1.64. The minimum absolute atomic E-state index is 0.0453. The Bertz CT molecular complexity index is 1240. The predicted molar refractivity (Wildman–Crippen MR) is 154 cm³/mol. The molecule has 5 rings (SSSR count). The van der Waals surface area contributed by atoms with Gasteiger partial charge in [0.15, 0.2) is 0 Å². The van der Waals surface area contributed by atoms with E-state index in [1.807, 2.05) is 60.7 Å². The molecule has 2 bridgehead atoms. The van der Waals surface area contributed by atoms with E-state index in [2.05, 4.69) is 13.2 Å². The van der Waals surface area contributed by atoms with Crippen LogP contribution in [-0.2, 0) is 20.9 Å². The Morgan fingerprint density at radius 3 is 2.33 bits per heavy atom.